The predicted octanol–water partition coefficient (Wildman–Crippen LogP) is 6.04. The Morgan fingerprint density at radius 3 is 2.40 bits per heavy atom. The quantitative estimate of drug-likeness (QED) is 0.373. The molecule has 0 bridgehead atoms. The van der Waals surface area contributed by atoms with E-state index in [1.165, 1.54) is 11.1 Å². The average molecular weight is 368 g/mol. The zero-order chi connectivity index (χ0) is 17.6. The summed E-state index contributed by atoms with van der Waals surface area (Å²) in [6, 6.07) is 20.7. The van der Waals surface area contributed by atoms with Crippen LogP contribution in [0.1, 0.15) is 23.6 Å². The molecule has 3 aromatic rings. The van der Waals surface area contributed by atoms with Gasteiger partial charge in [0.15, 0.2) is 3.95 Å². The highest BCUT2D eigenvalue weighted by Crippen LogP contribution is 2.30. The van der Waals surface area contributed by atoms with Gasteiger partial charge in [0.2, 0.25) is 0 Å². The third-order valence-corrected chi connectivity index (χ3v) is 5.64. The van der Waals surface area contributed by atoms with Crippen molar-refractivity contribution in [1.82, 2.24) is 4.73 Å². The third kappa shape index (κ3) is 4.09. The molecule has 2 aromatic carbocycles. The fraction of sp³-hybridized carbons (Fsp3) is 0.190. The van der Waals surface area contributed by atoms with E-state index in [0.717, 1.165) is 20.9 Å². The largest absolute Gasteiger partial charge is 0.411 e. The van der Waals surface area contributed by atoms with E-state index in [-0.39, 0.29) is 5.92 Å². The van der Waals surface area contributed by atoms with Gasteiger partial charge in [-0.25, -0.2) is 0 Å². The molecule has 25 heavy (non-hydrogen) atoms. The van der Waals surface area contributed by atoms with Crippen LogP contribution in [-0.2, 0) is 0 Å². The second-order valence-electron chi connectivity index (χ2n) is 5.87. The molecule has 0 aliphatic heterocycles. The van der Waals surface area contributed by atoms with Crippen LogP contribution in [0.15, 0.2) is 73.3 Å². The summed E-state index contributed by atoms with van der Waals surface area (Å²) in [6.07, 6.45) is 2.81. The summed E-state index contributed by atoms with van der Waals surface area (Å²) >= 11 is 7.12. The molecule has 0 aliphatic rings. The zero-order valence-corrected chi connectivity index (χ0v) is 15.9. The number of benzene rings is 2. The summed E-state index contributed by atoms with van der Waals surface area (Å²) in [7, 11) is 0. The number of thiazole rings is 1. The van der Waals surface area contributed by atoms with Gasteiger partial charge in [0.1, 0.15) is 6.61 Å². The van der Waals surface area contributed by atoms with Crippen molar-refractivity contribution >= 4 is 23.6 Å². The van der Waals surface area contributed by atoms with Crippen LogP contribution in [0.4, 0.5) is 0 Å². The molecule has 1 unspecified atom stereocenters. The maximum atomic E-state index is 6.11. The molecule has 0 radical (unpaired) electrons. The first kappa shape index (κ1) is 17.6. The number of nitrogens with zero attached hydrogens (tertiary/aromatic N) is 1. The van der Waals surface area contributed by atoms with E-state index < -0.39 is 0 Å². The number of allylic oxidation sites excluding steroid dienone is 1. The van der Waals surface area contributed by atoms with Crippen molar-refractivity contribution in [3.63, 3.8) is 0 Å². The summed E-state index contributed by atoms with van der Waals surface area (Å²) in [5.41, 5.74) is 3.47. The first-order valence-electron chi connectivity index (χ1n) is 8.27. The van der Waals surface area contributed by atoms with Gasteiger partial charge in [-0.05, 0) is 36.7 Å². The summed E-state index contributed by atoms with van der Waals surface area (Å²) in [5, 5.41) is 0. The molecular weight excluding hydrogens is 346 g/mol. The molecule has 0 saturated heterocycles. The van der Waals surface area contributed by atoms with E-state index in [9.17, 15) is 0 Å². The number of aromatic nitrogens is 1. The summed E-state index contributed by atoms with van der Waals surface area (Å²) in [4.78, 5) is 7.27. The molecule has 128 valence electrons. The van der Waals surface area contributed by atoms with Gasteiger partial charge in [-0.1, -0.05) is 66.7 Å². The number of hydrogen-bond donors (Lipinski definition) is 0. The Morgan fingerprint density at radius 1 is 1.12 bits per heavy atom. The first-order chi connectivity index (χ1) is 12.2. The second kappa shape index (κ2) is 8.28. The van der Waals surface area contributed by atoms with Crippen molar-refractivity contribution in [2.45, 2.75) is 19.3 Å². The van der Waals surface area contributed by atoms with E-state index in [2.05, 4.69) is 49.9 Å². The maximum Gasteiger partial charge on any atom is 0.197 e. The minimum absolute atomic E-state index is 0.264. The molecule has 2 nitrogen and oxygen atoms in total. The lowest BCUT2D eigenvalue weighted by Crippen LogP contribution is -2.19. The lowest BCUT2D eigenvalue weighted by atomic mass is 9.97. The van der Waals surface area contributed by atoms with E-state index in [1.54, 1.807) is 16.1 Å². The molecule has 0 N–H and O–H groups in total. The van der Waals surface area contributed by atoms with Crippen LogP contribution in [-0.4, -0.2) is 11.3 Å². The van der Waals surface area contributed by atoms with Gasteiger partial charge in [0.05, 0.1) is 10.6 Å². The molecule has 3 rings (SSSR count). The molecule has 4 heteroatoms. The van der Waals surface area contributed by atoms with Gasteiger partial charge in [-0.15, -0.1) is 17.9 Å². The van der Waals surface area contributed by atoms with E-state index in [0.29, 0.717) is 6.61 Å². The highest BCUT2D eigenvalue weighted by atomic mass is 32.1. The second-order valence-corrected chi connectivity index (χ2v) is 7.51. The Labute approximate surface area is 158 Å². The molecule has 0 spiro atoms. The van der Waals surface area contributed by atoms with Crippen molar-refractivity contribution in [1.29, 1.82) is 0 Å². The Kier molecular flexibility index (Phi) is 5.84. The Balaban J connectivity index is 1.82. The van der Waals surface area contributed by atoms with Gasteiger partial charge in [0, 0.05) is 5.92 Å². The topological polar surface area (TPSA) is 14.2 Å². The van der Waals surface area contributed by atoms with Crippen LogP contribution in [0.2, 0.25) is 0 Å². The normalized spacial score (nSPS) is 11.9. The van der Waals surface area contributed by atoms with Crippen LogP contribution < -0.4 is 4.84 Å². The lowest BCUT2D eigenvalue weighted by Gasteiger charge is -2.17. The molecule has 0 saturated carbocycles. The van der Waals surface area contributed by atoms with Gasteiger partial charge in [-0.3, -0.25) is 0 Å². The fourth-order valence-electron chi connectivity index (χ4n) is 2.83. The number of rotatable bonds is 7. The van der Waals surface area contributed by atoms with Crippen LogP contribution in [0.3, 0.4) is 0 Å². The Bertz CT molecular complexity index is 881. The van der Waals surface area contributed by atoms with E-state index in [1.807, 2.05) is 30.3 Å². The molecule has 1 heterocycles. The summed E-state index contributed by atoms with van der Waals surface area (Å²) < 4.78 is 2.53. The van der Waals surface area contributed by atoms with Crippen molar-refractivity contribution < 1.29 is 4.84 Å². The maximum absolute atomic E-state index is 6.11. The standard InChI is InChI=1S/C21H21NOS2/c1-3-10-19(17-11-6-4-7-12-17)15-23-22-16(2)20(25-21(22)24)18-13-8-5-9-14-18/h3-9,11-14,19H,1,10,15H2,2H3. The van der Waals surface area contributed by atoms with Crippen LogP contribution >= 0.6 is 23.6 Å². The van der Waals surface area contributed by atoms with Crippen LogP contribution in [0.25, 0.3) is 10.4 Å². The zero-order valence-electron chi connectivity index (χ0n) is 14.2. The summed E-state index contributed by atoms with van der Waals surface area (Å²) in [6.45, 7) is 6.50. The fourth-order valence-corrected chi connectivity index (χ4v) is 4.20. The third-order valence-electron chi connectivity index (χ3n) is 4.15. The highest BCUT2D eigenvalue weighted by Gasteiger charge is 2.15. The Hall–Kier alpha value is -2.17. The van der Waals surface area contributed by atoms with Crippen molar-refractivity contribution in [2.75, 3.05) is 6.61 Å². The van der Waals surface area contributed by atoms with Gasteiger partial charge < -0.3 is 4.84 Å². The molecule has 0 aliphatic carbocycles. The smallest absolute Gasteiger partial charge is 0.197 e. The van der Waals surface area contributed by atoms with E-state index >= 15 is 0 Å². The van der Waals surface area contributed by atoms with E-state index in [4.69, 9.17) is 17.1 Å². The molecule has 0 fully saturated rings. The monoisotopic (exact) mass is 367 g/mol. The van der Waals surface area contributed by atoms with Crippen molar-refractivity contribution in [2.24, 2.45) is 0 Å². The molecule has 1 atom stereocenters. The highest BCUT2D eigenvalue weighted by molar-refractivity contribution is 7.73. The van der Waals surface area contributed by atoms with Crippen LogP contribution in [0, 0.1) is 10.9 Å². The summed E-state index contributed by atoms with van der Waals surface area (Å²) in [5.74, 6) is 0.264. The van der Waals surface area contributed by atoms with Gasteiger partial charge >= 0.3 is 0 Å². The molecule has 0 amide bonds. The minimum Gasteiger partial charge on any atom is -0.411 e. The first-order valence-corrected chi connectivity index (χ1v) is 9.50. The molecular formula is C21H21NOS2. The average Bonchev–Trinajstić information content (AvgIpc) is 2.94. The van der Waals surface area contributed by atoms with Crippen molar-refractivity contribution in [3.8, 4) is 10.4 Å². The molecule has 1 aromatic heterocycles. The predicted molar refractivity (Wildman–Crippen MR) is 109 cm³/mol. The minimum atomic E-state index is 0.264. The van der Waals surface area contributed by atoms with Crippen LogP contribution in [0.5, 0.6) is 0 Å². The Morgan fingerprint density at radius 2 is 1.76 bits per heavy atom. The van der Waals surface area contributed by atoms with Gasteiger partial charge in [-0.2, -0.15) is 4.73 Å². The van der Waals surface area contributed by atoms with Crippen molar-refractivity contribution in [3.05, 3.63) is 88.5 Å². The lowest BCUT2D eigenvalue weighted by molar-refractivity contribution is 0.0931. The van der Waals surface area contributed by atoms with Gasteiger partial charge in [0.25, 0.3) is 0 Å². The number of hydrogen-bond acceptors (Lipinski definition) is 3. The SMILES string of the molecule is C=CCC(COn1c(C)c(-c2ccccc2)sc1=S)c1ccccc1.